The molecule has 0 aromatic carbocycles. The molecule has 1 fully saturated rings. The van der Waals surface area contributed by atoms with E-state index in [1.54, 1.807) is 7.05 Å². The summed E-state index contributed by atoms with van der Waals surface area (Å²) in [6, 6.07) is -0.705. The largest absolute Gasteiger partial charge is 0.480 e. The van der Waals surface area contributed by atoms with E-state index in [-0.39, 0.29) is 17.7 Å². The Balaban J connectivity index is 2.67. The summed E-state index contributed by atoms with van der Waals surface area (Å²) in [7, 11) is 3.60. The van der Waals surface area contributed by atoms with Crippen LogP contribution in [0.25, 0.3) is 0 Å². The monoisotopic (exact) mass is 256 g/mol. The second-order valence-electron chi connectivity index (χ2n) is 5.68. The second kappa shape index (κ2) is 6.18. The van der Waals surface area contributed by atoms with Gasteiger partial charge in [-0.1, -0.05) is 13.8 Å². The van der Waals surface area contributed by atoms with Crippen molar-refractivity contribution in [2.45, 2.75) is 32.7 Å². The Bertz CT molecular complexity index is 317. The summed E-state index contributed by atoms with van der Waals surface area (Å²) in [5, 5.41) is 9.23. The number of carbonyl (C=O) groups excluding carboxylic acids is 1. The molecule has 0 aliphatic carbocycles. The van der Waals surface area contributed by atoms with Gasteiger partial charge in [0.25, 0.3) is 0 Å². The number of aliphatic carboxylic acids is 1. The molecule has 5 nitrogen and oxygen atoms in total. The first kappa shape index (κ1) is 15.0. The number of likely N-dealkylation sites (tertiary alicyclic amines) is 1. The third-order valence-electron chi connectivity index (χ3n) is 3.54. The van der Waals surface area contributed by atoms with Gasteiger partial charge in [0.05, 0.1) is 5.92 Å². The molecule has 0 aromatic rings. The van der Waals surface area contributed by atoms with Crippen LogP contribution in [-0.4, -0.2) is 60.0 Å². The van der Waals surface area contributed by atoms with Crippen molar-refractivity contribution in [1.82, 2.24) is 9.80 Å². The maximum absolute atomic E-state index is 12.3. The highest BCUT2D eigenvalue weighted by Crippen LogP contribution is 2.19. The lowest BCUT2D eigenvalue weighted by atomic mass is 10.0. The van der Waals surface area contributed by atoms with Crippen molar-refractivity contribution in [1.29, 1.82) is 0 Å². The van der Waals surface area contributed by atoms with Gasteiger partial charge >= 0.3 is 5.97 Å². The Kier molecular flexibility index (Phi) is 5.14. The predicted octanol–water partition coefficient (Wildman–Crippen LogP) is 0.896. The fourth-order valence-electron chi connectivity index (χ4n) is 2.45. The van der Waals surface area contributed by atoms with Crippen molar-refractivity contribution in [3.8, 4) is 0 Å². The number of nitrogens with zero attached hydrogens (tertiary/aromatic N) is 2. The van der Waals surface area contributed by atoms with Crippen molar-refractivity contribution in [2.75, 3.05) is 27.2 Å². The van der Waals surface area contributed by atoms with Crippen molar-refractivity contribution in [3.05, 3.63) is 0 Å². The molecule has 0 spiro atoms. The van der Waals surface area contributed by atoms with Gasteiger partial charge < -0.3 is 14.9 Å². The van der Waals surface area contributed by atoms with Gasteiger partial charge in [0.15, 0.2) is 0 Å². The molecule has 2 unspecified atom stereocenters. The van der Waals surface area contributed by atoms with Crippen LogP contribution < -0.4 is 0 Å². The van der Waals surface area contributed by atoms with Crippen molar-refractivity contribution in [3.63, 3.8) is 0 Å². The molecule has 1 rings (SSSR count). The molecule has 0 aromatic heterocycles. The van der Waals surface area contributed by atoms with Gasteiger partial charge in [-0.2, -0.15) is 0 Å². The molecule has 1 N–H and O–H groups in total. The Labute approximate surface area is 109 Å². The molecule has 1 aliphatic heterocycles. The minimum atomic E-state index is -0.911. The predicted molar refractivity (Wildman–Crippen MR) is 69.3 cm³/mol. The van der Waals surface area contributed by atoms with Crippen molar-refractivity contribution < 1.29 is 14.7 Å². The summed E-state index contributed by atoms with van der Waals surface area (Å²) in [6.07, 6.45) is 1.33. The molecule has 1 aliphatic rings. The first-order valence-electron chi connectivity index (χ1n) is 6.51. The van der Waals surface area contributed by atoms with Gasteiger partial charge in [-0.15, -0.1) is 0 Å². The van der Waals surface area contributed by atoms with E-state index in [1.165, 1.54) is 4.90 Å². The summed E-state index contributed by atoms with van der Waals surface area (Å²) >= 11 is 0. The van der Waals surface area contributed by atoms with Crippen LogP contribution in [0.5, 0.6) is 0 Å². The molecule has 5 heteroatoms. The zero-order chi connectivity index (χ0) is 13.9. The van der Waals surface area contributed by atoms with E-state index >= 15 is 0 Å². The number of rotatable bonds is 5. The summed E-state index contributed by atoms with van der Waals surface area (Å²) in [4.78, 5) is 27.0. The molecule has 0 radical (unpaired) electrons. The van der Waals surface area contributed by atoms with E-state index in [0.717, 1.165) is 19.5 Å². The standard InChI is InChI=1S/C13H24N2O3/c1-9(2)7-11(13(17)18)15(4)12(16)10-5-6-14(3)8-10/h9-11H,5-8H2,1-4H3,(H,17,18). The van der Waals surface area contributed by atoms with Crippen LogP contribution in [0.1, 0.15) is 26.7 Å². The Morgan fingerprint density at radius 2 is 2.06 bits per heavy atom. The molecular weight excluding hydrogens is 232 g/mol. The lowest BCUT2D eigenvalue weighted by molar-refractivity contribution is -0.151. The van der Waals surface area contributed by atoms with Crippen molar-refractivity contribution in [2.24, 2.45) is 11.8 Å². The second-order valence-corrected chi connectivity index (χ2v) is 5.68. The van der Waals surface area contributed by atoms with Crippen LogP contribution in [0.4, 0.5) is 0 Å². The lowest BCUT2D eigenvalue weighted by Crippen LogP contribution is -2.46. The van der Waals surface area contributed by atoms with Crippen LogP contribution >= 0.6 is 0 Å². The van der Waals surface area contributed by atoms with E-state index in [0.29, 0.717) is 6.42 Å². The van der Waals surface area contributed by atoms with Gasteiger partial charge in [-0.05, 0) is 32.4 Å². The number of carbonyl (C=O) groups is 2. The Hall–Kier alpha value is -1.10. The third kappa shape index (κ3) is 3.70. The van der Waals surface area contributed by atoms with Crippen LogP contribution in [0.15, 0.2) is 0 Å². The Morgan fingerprint density at radius 3 is 2.44 bits per heavy atom. The van der Waals surface area contributed by atoms with Crippen LogP contribution in [0, 0.1) is 11.8 Å². The highest BCUT2D eigenvalue weighted by atomic mass is 16.4. The molecule has 0 bridgehead atoms. The Morgan fingerprint density at radius 1 is 1.44 bits per heavy atom. The first-order valence-corrected chi connectivity index (χ1v) is 6.51. The van der Waals surface area contributed by atoms with E-state index in [2.05, 4.69) is 4.90 Å². The van der Waals surface area contributed by atoms with E-state index in [4.69, 9.17) is 0 Å². The van der Waals surface area contributed by atoms with Crippen LogP contribution in [0.2, 0.25) is 0 Å². The summed E-state index contributed by atoms with van der Waals surface area (Å²) in [5.41, 5.74) is 0. The topological polar surface area (TPSA) is 60.9 Å². The molecule has 1 heterocycles. The molecule has 1 saturated heterocycles. The lowest BCUT2D eigenvalue weighted by Gasteiger charge is -2.28. The summed E-state index contributed by atoms with van der Waals surface area (Å²) in [5.74, 6) is -0.736. The maximum atomic E-state index is 12.3. The third-order valence-corrected chi connectivity index (χ3v) is 3.54. The summed E-state index contributed by atoms with van der Waals surface area (Å²) < 4.78 is 0. The van der Waals surface area contributed by atoms with Gasteiger partial charge in [0.2, 0.25) is 5.91 Å². The summed E-state index contributed by atoms with van der Waals surface area (Å²) in [6.45, 7) is 5.58. The highest BCUT2D eigenvalue weighted by molar-refractivity contribution is 5.85. The number of amides is 1. The molecule has 0 saturated carbocycles. The minimum Gasteiger partial charge on any atom is -0.480 e. The van der Waals surface area contributed by atoms with Crippen LogP contribution in [-0.2, 0) is 9.59 Å². The number of carboxylic acid groups (broad SMARTS) is 1. The molecule has 1 amide bonds. The average Bonchev–Trinajstić information content (AvgIpc) is 2.70. The fraction of sp³-hybridized carbons (Fsp3) is 0.846. The quantitative estimate of drug-likeness (QED) is 0.794. The zero-order valence-electron chi connectivity index (χ0n) is 11.7. The number of likely N-dealkylation sites (N-methyl/N-ethyl adjacent to an activating group) is 1. The number of hydrogen-bond acceptors (Lipinski definition) is 3. The average molecular weight is 256 g/mol. The van der Waals surface area contributed by atoms with Gasteiger partial charge in [-0.25, -0.2) is 4.79 Å². The maximum Gasteiger partial charge on any atom is 0.326 e. The van der Waals surface area contributed by atoms with Crippen LogP contribution in [0.3, 0.4) is 0 Å². The number of carboxylic acids is 1. The molecule has 104 valence electrons. The normalized spacial score (nSPS) is 22.2. The van der Waals surface area contributed by atoms with Crippen molar-refractivity contribution >= 4 is 11.9 Å². The van der Waals surface area contributed by atoms with Gasteiger partial charge in [0.1, 0.15) is 6.04 Å². The molecule has 18 heavy (non-hydrogen) atoms. The van der Waals surface area contributed by atoms with E-state index < -0.39 is 12.0 Å². The minimum absolute atomic E-state index is 0.0348. The highest BCUT2D eigenvalue weighted by Gasteiger charge is 2.34. The first-order chi connectivity index (χ1) is 8.32. The number of hydrogen-bond donors (Lipinski definition) is 1. The zero-order valence-corrected chi connectivity index (χ0v) is 11.7. The van der Waals surface area contributed by atoms with E-state index in [9.17, 15) is 14.7 Å². The fourth-order valence-corrected chi connectivity index (χ4v) is 2.45. The SMILES string of the molecule is CC(C)CC(C(=O)O)N(C)C(=O)C1CCN(C)C1. The van der Waals surface area contributed by atoms with E-state index in [1.807, 2.05) is 20.9 Å². The smallest absolute Gasteiger partial charge is 0.326 e. The molecule has 2 atom stereocenters. The van der Waals surface area contributed by atoms with Gasteiger partial charge in [-0.3, -0.25) is 4.79 Å². The van der Waals surface area contributed by atoms with Gasteiger partial charge in [0, 0.05) is 13.6 Å². The molecular formula is C13H24N2O3.